The SMILES string of the molecule is O=[PH]c1cccc(O)c1. The van der Waals surface area contributed by atoms with Crippen molar-refractivity contribution < 1.29 is 9.67 Å². The van der Waals surface area contributed by atoms with Gasteiger partial charge in [-0.25, -0.2) is 0 Å². The van der Waals surface area contributed by atoms with Gasteiger partial charge < -0.3 is 5.11 Å². The van der Waals surface area contributed by atoms with Crippen molar-refractivity contribution >= 4 is 13.8 Å². The molecular weight excluding hydrogens is 135 g/mol. The van der Waals surface area contributed by atoms with Gasteiger partial charge >= 0.3 is 0 Å². The van der Waals surface area contributed by atoms with Gasteiger partial charge in [-0.3, -0.25) is 4.57 Å². The van der Waals surface area contributed by atoms with Crippen LogP contribution in [0.25, 0.3) is 0 Å². The molecule has 0 saturated carbocycles. The van der Waals surface area contributed by atoms with Crippen molar-refractivity contribution in [3.63, 3.8) is 0 Å². The molecule has 0 heterocycles. The summed E-state index contributed by atoms with van der Waals surface area (Å²) in [6.07, 6.45) is 0. The molecule has 1 N–H and O–H groups in total. The van der Waals surface area contributed by atoms with Crippen LogP contribution in [0.2, 0.25) is 0 Å². The molecule has 1 aromatic carbocycles. The van der Waals surface area contributed by atoms with Crippen LogP contribution in [0.4, 0.5) is 0 Å². The zero-order chi connectivity index (χ0) is 6.69. The second-order valence-corrected chi connectivity index (χ2v) is 2.43. The average Bonchev–Trinajstić information content (AvgIpc) is 1.88. The number of hydrogen-bond acceptors (Lipinski definition) is 2. The number of benzene rings is 1. The molecule has 1 unspecified atom stereocenters. The number of rotatable bonds is 1. The molecule has 0 bridgehead atoms. The van der Waals surface area contributed by atoms with Crippen molar-refractivity contribution in [3.05, 3.63) is 24.3 Å². The minimum Gasteiger partial charge on any atom is -0.508 e. The second kappa shape index (κ2) is 2.60. The summed E-state index contributed by atoms with van der Waals surface area (Å²) in [4.78, 5) is 0. The first-order chi connectivity index (χ1) is 4.33. The molecule has 0 fully saturated rings. The van der Waals surface area contributed by atoms with Gasteiger partial charge in [0.2, 0.25) is 0 Å². The van der Waals surface area contributed by atoms with Crippen molar-refractivity contribution in [2.45, 2.75) is 0 Å². The highest BCUT2D eigenvalue weighted by Gasteiger charge is 1.88. The maximum atomic E-state index is 10.2. The van der Waals surface area contributed by atoms with Crippen LogP contribution in [0.3, 0.4) is 0 Å². The van der Waals surface area contributed by atoms with E-state index in [1.54, 1.807) is 18.2 Å². The third-order valence-electron chi connectivity index (χ3n) is 0.964. The standard InChI is InChI=1S/C6H6O2P/c7-5-2-1-3-6(4-5)9-8/h1-4,7,9H. The van der Waals surface area contributed by atoms with Gasteiger partial charge in [0.15, 0.2) is 0 Å². The smallest absolute Gasteiger partial charge is 0.116 e. The molecule has 2 nitrogen and oxygen atoms in total. The Kier molecular flexibility index (Phi) is 1.81. The average molecular weight is 141 g/mol. The largest absolute Gasteiger partial charge is 0.508 e. The van der Waals surface area contributed by atoms with Gasteiger partial charge in [-0.2, -0.15) is 0 Å². The first-order valence-electron chi connectivity index (χ1n) is 2.50. The Balaban J connectivity index is 3.07. The predicted octanol–water partition coefficient (Wildman–Crippen LogP) is 1.04. The van der Waals surface area contributed by atoms with E-state index in [0.717, 1.165) is 0 Å². The normalized spacial score (nSPS) is 9.78. The van der Waals surface area contributed by atoms with E-state index in [1.807, 2.05) is 0 Å². The lowest BCUT2D eigenvalue weighted by Gasteiger charge is -1.89. The van der Waals surface area contributed by atoms with Gasteiger partial charge in [-0.15, -0.1) is 0 Å². The Hall–Kier alpha value is -0.880. The molecule has 0 saturated heterocycles. The number of hydrogen-bond donors (Lipinski definition) is 1. The van der Waals surface area contributed by atoms with Crippen LogP contribution in [0.5, 0.6) is 5.75 Å². The van der Waals surface area contributed by atoms with Crippen LogP contribution in [-0.2, 0) is 4.57 Å². The third kappa shape index (κ3) is 1.51. The first-order valence-corrected chi connectivity index (χ1v) is 3.41. The lowest BCUT2D eigenvalue weighted by atomic mass is 10.3. The Morgan fingerprint density at radius 3 is 2.67 bits per heavy atom. The fourth-order valence-corrected chi connectivity index (χ4v) is 0.940. The summed E-state index contributed by atoms with van der Waals surface area (Å²) in [5, 5.41) is 9.46. The molecule has 0 aliphatic heterocycles. The topological polar surface area (TPSA) is 37.3 Å². The lowest BCUT2D eigenvalue weighted by molar-refractivity contribution is 0.476. The van der Waals surface area contributed by atoms with E-state index < -0.39 is 8.46 Å². The molecule has 0 amide bonds. The minimum absolute atomic E-state index is 0.163. The molecular formula is C6H6O2P. The molecule has 1 atom stereocenters. The molecule has 0 aromatic heterocycles. The van der Waals surface area contributed by atoms with E-state index in [1.165, 1.54) is 6.07 Å². The van der Waals surface area contributed by atoms with Crippen molar-refractivity contribution in [1.82, 2.24) is 0 Å². The molecule has 0 spiro atoms. The molecule has 0 aliphatic rings. The van der Waals surface area contributed by atoms with Gasteiger partial charge in [0.1, 0.15) is 5.75 Å². The Morgan fingerprint density at radius 2 is 2.22 bits per heavy atom. The highest BCUT2D eigenvalue weighted by atomic mass is 31.1. The van der Waals surface area contributed by atoms with Crippen LogP contribution in [0.15, 0.2) is 24.3 Å². The zero-order valence-corrected chi connectivity index (χ0v) is 5.66. The summed E-state index contributed by atoms with van der Waals surface area (Å²) in [6.45, 7) is 0. The third-order valence-corrected chi connectivity index (χ3v) is 1.51. The van der Waals surface area contributed by atoms with Gasteiger partial charge in [-0.1, -0.05) is 6.07 Å². The Labute approximate surface area is 54.3 Å². The summed E-state index contributed by atoms with van der Waals surface area (Å²) in [6, 6.07) is 6.38. The number of phenols is 1. The van der Waals surface area contributed by atoms with Crippen LogP contribution in [0.1, 0.15) is 0 Å². The van der Waals surface area contributed by atoms with Gasteiger partial charge in [-0.05, 0) is 18.2 Å². The quantitative estimate of drug-likeness (QED) is 0.593. The summed E-state index contributed by atoms with van der Waals surface area (Å²) in [5.74, 6) is 0.163. The molecule has 0 aliphatic carbocycles. The van der Waals surface area contributed by atoms with E-state index in [4.69, 9.17) is 5.11 Å². The van der Waals surface area contributed by atoms with Gasteiger partial charge in [0.25, 0.3) is 0 Å². The maximum absolute atomic E-state index is 10.2. The van der Waals surface area contributed by atoms with Gasteiger partial charge in [0.05, 0.1) is 8.46 Å². The van der Waals surface area contributed by atoms with Crippen molar-refractivity contribution in [1.29, 1.82) is 0 Å². The number of aromatic hydroxyl groups is 1. The molecule has 47 valence electrons. The minimum atomic E-state index is -0.484. The predicted molar refractivity (Wildman–Crippen MR) is 36.7 cm³/mol. The monoisotopic (exact) mass is 141 g/mol. The highest BCUT2D eigenvalue weighted by Crippen LogP contribution is 2.06. The van der Waals surface area contributed by atoms with E-state index in [9.17, 15) is 4.57 Å². The Bertz CT molecular complexity index is 222. The fraction of sp³-hybridized carbons (Fsp3) is 0. The molecule has 1 rings (SSSR count). The Morgan fingerprint density at radius 1 is 1.44 bits per heavy atom. The number of phenolic OH excluding ortho intramolecular Hbond substituents is 1. The zero-order valence-electron chi connectivity index (χ0n) is 4.66. The van der Waals surface area contributed by atoms with E-state index in [2.05, 4.69) is 0 Å². The van der Waals surface area contributed by atoms with Crippen LogP contribution in [-0.4, -0.2) is 5.11 Å². The van der Waals surface area contributed by atoms with Crippen LogP contribution < -0.4 is 5.30 Å². The summed E-state index contributed by atoms with van der Waals surface area (Å²) >= 11 is 0. The van der Waals surface area contributed by atoms with E-state index in [0.29, 0.717) is 5.30 Å². The van der Waals surface area contributed by atoms with E-state index >= 15 is 0 Å². The summed E-state index contributed by atoms with van der Waals surface area (Å²) in [7, 11) is -0.484. The molecule has 9 heavy (non-hydrogen) atoms. The molecule has 1 radical (unpaired) electrons. The van der Waals surface area contributed by atoms with E-state index in [-0.39, 0.29) is 5.75 Å². The fourth-order valence-electron chi connectivity index (χ4n) is 0.569. The molecule has 1 aromatic rings. The molecule has 3 heteroatoms. The van der Waals surface area contributed by atoms with Crippen LogP contribution in [0, 0.1) is 0 Å². The maximum Gasteiger partial charge on any atom is 0.116 e. The summed E-state index contributed by atoms with van der Waals surface area (Å²) < 4.78 is 10.2. The second-order valence-electron chi connectivity index (χ2n) is 1.65. The van der Waals surface area contributed by atoms with Crippen molar-refractivity contribution in [3.8, 4) is 5.75 Å². The van der Waals surface area contributed by atoms with Crippen molar-refractivity contribution in [2.24, 2.45) is 0 Å². The first kappa shape index (κ1) is 6.24. The van der Waals surface area contributed by atoms with Crippen LogP contribution >= 0.6 is 8.46 Å². The highest BCUT2D eigenvalue weighted by molar-refractivity contribution is 7.34. The summed E-state index contributed by atoms with van der Waals surface area (Å²) in [5.41, 5.74) is 0. The van der Waals surface area contributed by atoms with Gasteiger partial charge in [0, 0.05) is 5.30 Å². The lowest BCUT2D eigenvalue weighted by Crippen LogP contribution is -1.86. The van der Waals surface area contributed by atoms with Crippen molar-refractivity contribution in [2.75, 3.05) is 0 Å².